The Kier molecular flexibility index (Phi) is 7.23. The molecule has 0 aromatic heterocycles. The summed E-state index contributed by atoms with van der Waals surface area (Å²) in [5.74, 6) is 1.71. The lowest BCUT2D eigenvalue weighted by molar-refractivity contribution is 0.0955. The predicted molar refractivity (Wildman–Crippen MR) is 112 cm³/mol. The van der Waals surface area contributed by atoms with Crippen molar-refractivity contribution in [3.63, 3.8) is 0 Å². The topological polar surface area (TPSA) is 69.2 Å². The van der Waals surface area contributed by atoms with Gasteiger partial charge in [-0.15, -0.1) is 0 Å². The molecule has 0 radical (unpaired) electrons. The SMILES string of the molecule is COc1ccccc1OCCOc1ccccc1/C=N/NC(=O)c1ccccc1. The number of nitrogens with zero attached hydrogens (tertiary/aromatic N) is 1. The Hall–Kier alpha value is -3.80. The average molecular weight is 390 g/mol. The Bertz CT molecular complexity index is 958. The van der Waals surface area contributed by atoms with Crippen molar-refractivity contribution in [2.45, 2.75) is 0 Å². The Labute approximate surface area is 169 Å². The highest BCUT2D eigenvalue weighted by Gasteiger charge is 2.05. The maximum Gasteiger partial charge on any atom is 0.271 e. The third kappa shape index (κ3) is 5.84. The molecule has 0 saturated carbocycles. The number of hydrogen-bond acceptors (Lipinski definition) is 5. The first-order chi connectivity index (χ1) is 14.3. The van der Waals surface area contributed by atoms with Gasteiger partial charge in [-0.2, -0.15) is 5.10 Å². The lowest BCUT2D eigenvalue weighted by atomic mass is 10.2. The molecule has 0 atom stereocenters. The fourth-order valence-electron chi connectivity index (χ4n) is 2.57. The molecule has 0 unspecified atom stereocenters. The van der Waals surface area contributed by atoms with E-state index < -0.39 is 0 Å². The molecule has 0 saturated heterocycles. The lowest BCUT2D eigenvalue weighted by Crippen LogP contribution is -2.17. The van der Waals surface area contributed by atoms with Crippen molar-refractivity contribution in [2.24, 2.45) is 5.10 Å². The third-order valence-corrected chi connectivity index (χ3v) is 3.99. The molecule has 148 valence electrons. The zero-order valence-electron chi connectivity index (χ0n) is 16.1. The van der Waals surface area contributed by atoms with Gasteiger partial charge in [-0.25, -0.2) is 5.43 Å². The smallest absolute Gasteiger partial charge is 0.271 e. The van der Waals surface area contributed by atoms with Crippen molar-refractivity contribution < 1.29 is 19.0 Å². The Balaban J connectivity index is 1.53. The Morgan fingerprint density at radius 2 is 1.41 bits per heavy atom. The number of benzene rings is 3. The van der Waals surface area contributed by atoms with Crippen LogP contribution in [-0.4, -0.2) is 32.4 Å². The van der Waals surface area contributed by atoms with Crippen molar-refractivity contribution in [2.75, 3.05) is 20.3 Å². The van der Waals surface area contributed by atoms with Crippen molar-refractivity contribution in [3.05, 3.63) is 90.0 Å². The second-order valence-electron chi connectivity index (χ2n) is 5.95. The molecule has 0 heterocycles. The molecule has 6 heteroatoms. The van der Waals surface area contributed by atoms with Gasteiger partial charge in [0.25, 0.3) is 5.91 Å². The maximum absolute atomic E-state index is 12.0. The van der Waals surface area contributed by atoms with Crippen LogP contribution in [0.1, 0.15) is 15.9 Å². The van der Waals surface area contributed by atoms with E-state index in [1.165, 1.54) is 0 Å². The molecule has 3 aromatic carbocycles. The molecule has 3 aromatic rings. The summed E-state index contributed by atoms with van der Waals surface area (Å²) < 4.78 is 16.8. The van der Waals surface area contributed by atoms with Gasteiger partial charge in [0.1, 0.15) is 19.0 Å². The van der Waals surface area contributed by atoms with Crippen LogP contribution >= 0.6 is 0 Å². The van der Waals surface area contributed by atoms with Gasteiger partial charge in [-0.05, 0) is 36.4 Å². The molecular weight excluding hydrogens is 368 g/mol. The molecule has 1 N–H and O–H groups in total. The molecule has 0 aliphatic carbocycles. The Morgan fingerprint density at radius 1 is 0.828 bits per heavy atom. The van der Waals surface area contributed by atoms with Crippen LogP contribution in [0.25, 0.3) is 0 Å². The minimum atomic E-state index is -0.273. The standard InChI is InChI=1S/C23H22N2O4/c1-27-21-13-7-8-14-22(21)29-16-15-28-20-12-6-5-11-19(20)17-24-25-23(26)18-9-3-2-4-10-18/h2-14,17H,15-16H2,1H3,(H,25,26)/b24-17+. The summed E-state index contributed by atoms with van der Waals surface area (Å²) in [7, 11) is 1.60. The number of carbonyl (C=O) groups is 1. The number of carbonyl (C=O) groups excluding carboxylic acids is 1. The molecule has 0 spiro atoms. The number of para-hydroxylation sites is 3. The molecule has 0 aliphatic heterocycles. The minimum absolute atomic E-state index is 0.273. The highest BCUT2D eigenvalue weighted by Crippen LogP contribution is 2.25. The molecule has 6 nitrogen and oxygen atoms in total. The van der Waals surface area contributed by atoms with Gasteiger partial charge < -0.3 is 14.2 Å². The van der Waals surface area contributed by atoms with Crippen LogP contribution in [0.4, 0.5) is 0 Å². The van der Waals surface area contributed by atoms with E-state index in [1.807, 2.05) is 54.6 Å². The highest BCUT2D eigenvalue weighted by molar-refractivity contribution is 5.95. The molecule has 0 fully saturated rings. The van der Waals surface area contributed by atoms with Crippen LogP contribution in [0.2, 0.25) is 0 Å². The summed E-state index contributed by atoms with van der Waals surface area (Å²) in [6.45, 7) is 0.704. The number of amides is 1. The number of nitrogens with one attached hydrogen (secondary N) is 1. The van der Waals surface area contributed by atoms with Crippen molar-refractivity contribution in [1.82, 2.24) is 5.43 Å². The summed E-state index contributed by atoms with van der Waals surface area (Å²) in [5.41, 5.74) is 3.80. The first-order valence-electron chi connectivity index (χ1n) is 9.14. The summed E-state index contributed by atoms with van der Waals surface area (Å²) in [4.78, 5) is 12.0. The second-order valence-corrected chi connectivity index (χ2v) is 5.95. The summed E-state index contributed by atoms with van der Waals surface area (Å²) in [5, 5.41) is 4.02. The average Bonchev–Trinajstić information content (AvgIpc) is 2.78. The van der Waals surface area contributed by atoms with Gasteiger partial charge in [-0.1, -0.05) is 42.5 Å². The second kappa shape index (κ2) is 10.5. The fourth-order valence-corrected chi connectivity index (χ4v) is 2.57. The van der Waals surface area contributed by atoms with Gasteiger partial charge in [-0.3, -0.25) is 4.79 Å². The largest absolute Gasteiger partial charge is 0.493 e. The number of hydrogen-bond donors (Lipinski definition) is 1. The molecular formula is C23H22N2O4. The van der Waals surface area contributed by atoms with Crippen LogP contribution in [0.3, 0.4) is 0 Å². The van der Waals surface area contributed by atoms with Gasteiger partial charge in [0.05, 0.1) is 13.3 Å². The van der Waals surface area contributed by atoms with Crippen molar-refractivity contribution in [3.8, 4) is 17.2 Å². The highest BCUT2D eigenvalue weighted by atomic mass is 16.5. The number of ether oxygens (including phenoxy) is 3. The van der Waals surface area contributed by atoms with Crippen LogP contribution in [0, 0.1) is 0 Å². The first kappa shape index (κ1) is 19.9. The molecule has 0 aliphatic rings. The van der Waals surface area contributed by atoms with Gasteiger partial charge in [0.15, 0.2) is 11.5 Å². The van der Waals surface area contributed by atoms with E-state index >= 15 is 0 Å². The van der Waals surface area contributed by atoms with Gasteiger partial charge >= 0.3 is 0 Å². The normalized spacial score (nSPS) is 10.5. The molecule has 29 heavy (non-hydrogen) atoms. The monoisotopic (exact) mass is 390 g/mol. The van der Waals surface area contributed by atoms with Crippen LogP contribution < -0.4 is 19.6 Å². The van der Waals surface area contributed by atoms with E-state index in [2.05, 4.69) is 10.5 Å². The molecule has 0 bridgehead atoms. The number of rotatable bonds is 9. The maximum atomic E-state index is 12.0. The fraction of sp³-hybridized carbons (Fsp3) is 0.130. The van der Waals surface area contributed by atoms with E-state index in [0.29, 0.717) is 36.0 Å². The predicted octanol–water partition coefficient (Wildman–Crippen LogP) is 3.92. The van der Waals surface area contributed by atoms with Crippen molar-refractivity contribution in [1.29, 1.82) is 0 Å². The van der Waals surface area contributed by atoms with Crippen LogP contribution in [0.5, 0.6) is 17.2 Å². The van der Waals surface area contributed by atoms with Gasteiger partial charge in [0.2, 0.25) is 0 Å². The van der Waals surface area contributed by atoms with E-state index in [1.54, 1.807) is 37.6 Å². The summed E-state index contributed by atoms with van der Waals surface area (Å²) in [6, 6.07) is 23.8. The molecule has 3 rings (SSSR count). The minimum Gasteiger partial charge on any atom is -0.493 e. The van der Waals surface area contributed by atoms with Crippen LogP contribution in [-0.2, 0) is 0 Å². The van der Waals surface area contributed by atoms with E-state index in [4.69, 9.17) is 14.2 Å². The summed E-state index contributed by atoms with van der Waals surface area (Å²) >= 11 is 0. The quantitative estimate of drug-likeness (QED) is 0.342. The Morgan fingerprint density at radius 3 is 2.14 bits per heavy atom. The van der Waals surface area contributed by atoms with Crippen LogP contribution in [0.15, 0.2) is 84.0 Å². The first-order valence-corrected chi connectivity index (χ1v) is 9.14. The molecule has 1 amide bonds. The number of methoxy groups -OCH3 is 1. The zero-order chi connectivity index (χ0) is 20.3. The zero-order valence-corrected chi connectivity index (χ0v) is 16.1. The van der Waals surface area contributed by atoms with E-state index in [9.17, 15) is 4.79 Å². The third-order valence-electron chi connectivity index (χ3n) is 3.99. The number of hydrazone groups is 1. The van der Waals surface area contributed by atoms with Crippen molar-refractivity contribution >= 4 is 12.1 Å². The van der Waals surface area contributed by atoms with E-state index in [-0.39, 0.29) is 5.91 Å². The lowest BCUT2D eigenvalue weighted by Gasteiger charge is -2.12. The van der Waals surface area contributed by atoms with E-state index in [0.717, 1.165) is 5.56 Å². The van der Waals surface area contributed by atoms with Gasteiger partial charge in [0, 0.05) is 11.1 Å². The summed E-state index contributed by atoms with van der Waals surface area (Å²) in [6.07, 6.45) is 1.55.